The minimum atomic E-state index is -0.183. The Kier molecular flexibility index (Phi) is 4.28. The van der Waals surface area contributed by atoms with Crippen LogP contribution >= 0.6 is 0 Å². The molecule has 15 heavy (non-hydrogen) atoms. The summed E-state index contributed by atoms with van der Waals surface area (Å²) >= 11 is 0. The van der Waals surface area contributed by atoms with Crippen LogP contribution in [0.3, 0.4) is 0 Å². The molecule has 2 unspecified atom stereocenters. The van der Waals surface area contributed by atoms with Crippen LogP contribution in [0.5, 0.6) is 0 Å². The summed E-state index contributed by atoms with van der Waals surface area (Å²) in [7, 11) is 0. The normalized spacial score (nSPS) is 15.3. The highest BCUT2D eigenvalue weighted by atomic mass is 19.1. The highest BCUT2D eigenvalue weighted by Gasteiger charge is 2.16. The van der Waals surface area contributed by atoms with E-state index in [9.17, 15) is 4.39 Å². The predicted molar refractivity (Wildman–Crippen MR) is 62.1 cm³/mol. The van der Waals surface area contributed by atoms with E-state index in [2.05, 4.69) is 20.8 Å². The first-order valence-electron chi connectivity index (χ1n) is 5.50. The van der Waals surface area contributed by atoms with Crippen molar-refractivity contribution in [3.63, 3.8) is 0 Å². The average Bonchev–Trinajstić information content (AvgIpc) is 2.16. The molecular weight excluding hydrogens is 189 g/mol. The summed E-state index contributed by atoms with van der Waals surface area (Å²) in [4.78, 5) is 0. The van der Waals surface area contributed by atoms with Crippen molar-refractivity contribution >= 4 is 0 Å². The molecule has 1 nitrogen and oxygen atoms in total. The van der Waals surface area contributed by atoms with E-state index in [-0.39, 0.29) is 11.9 Å². The summed E-state index contributed by atoms with van der Waals surface area (Å²) in [5.41, 5.74) is 7.06. The zero-order chi connectivity index (χ0) is 11.4. The fourth-order valence-electron chi connectivity index (χ4n) is 1.62. The first kappa shape index (κ1) is 12.2. The van der Waals surface area contributed by atoms with Crippen LogP contribution in [0.2, 0.25) is 0 Å². The molecule has 0 amide bonds. The topological polar surface area (TPSA) is 26.0 Å². The van der Waals surface area contributed by atoms with Gasteiger partial charge in [0, 0.05) is 6.04 Å². The Balaban J connectivity index is 2.62. The van der Waals surface area contributed by atoms with Crippen molar-refractivity contribution in [1.29, 1.82) is 0 Å². The lowest BCUT2D eigenvalue weighted by Crippen LogP contribution is -2.33. The van der Waals surface area contributed by atoms with Gasteiger partial charge < -0.3 is 5.73 Å². The van der Waals surface area contributed by atoms with E-state index < -0.39 is 0 Å². The summed E-state index contributed by atoms with van der Waals surface area (Å²) in [6, 6.07) is 6.79. The number of halogens is 1. The van der Waals surface area contributed by atoms with E-state index in [0.29, 0.717) is 11.8 Å². The molecule has 84 valence electrons. The van der Waals surface area contributed by atoms with E-state index in [1.54, 1.807) is 12.1 Å². The van der Waals surface area contributed by atoms with E-state index in [1.165, 1.54) is 6.07 Å². The highest BCUT2D eigenvalue weighted by molar-refractivity contribution is 5.17. The molecular formula is C13H20FN. The number of rotatable bonds is 4. The van der Waals surface area contributed by atoms with Gasteiger partial charge in [-0.25, -0.2) is 4.39 Å². The Morgan fingerprint density at radius 3 is 2.47 bits per heavy atom. The molecule has 1 aromatic carbocycles. The van der Waals surface area contributed by atoms with Crippen molar-refractivity contribution in [2.24, 2.45) is 17.6 Å². The molecule has 1 aromatic rings. The maximum atomic E-state index is 12.9. The maximum Gasteiger partial charge on any atom is 0.123 e. The van der Waals surface area contributed by atoms with Crippen molar-refractivity contribution < 1.29 is 4.39 Å². The van der Waals surface area contributed by atoms with Gasteiger partial charge in [-0.2, -0.15) is 0 Å². The largest absolute Gasteiger partial charge is 0.327 e. The molecule has 0 bridgehead atoms. The van der Waals surface area contributed by atoms with Gasteiger partial charge in [0.1, 0.15) is 5.82 Å². The van der Waals surface area contributed by atoms with Gasteiger partial charge in [0.25, 0.3) is 0 Å². The van der Waals surface area contributed by atoms with E-state index >= 15 is 0 Å². The van der Waals surface area contributed by atoms with Gasteiger partial charge in [0.15, 0.2) is 0 Å². The van der Waals surface area contributed by atoms with Crippen molar-refractivity contribution in [2.75, 3.05) is 0 Å². The number of hydrogen-bond acceptors (Lipinski definition) is 1. The average molecular weight is 209 g/mol. The van der Waals surface area contributed by atoms with E-state index in [1.807, 2.05) is 6.07 Å². The van der Waals surface area contributed by atoms with Crippen LogP contribution in [0.4, 0.5) is 4.39 Å². The molecule has 0 spiro atoms. The highest BCUT2D eigenvalue weighted by Crippen LogP contribution is 2.16. The van der Waals surface area contributed by atoms with E-state index in [4.69, 9.17) is 5.73 Å². The molecule has 0 aromatic heterocycles. The predicted octanol–water partition coefficient (Wildman–Crippen LogP) is 2.99. The molecule has 2 N–H and O–H groups in total. The smallest absolute Gasteiger partial charge is 0.123 e. The van der Waals surface area contributed by atoms with E-state index in [0.717, 1.165) is 12.0 Å². The molecule has 0 aliphatic rings. The number of hydrogen-bond donors (Lipinski definition) is 1. The Labute approximate surface area is 91.5 Å². The fourth-order valence-corrected chi connectivity index (χ4v) is 1.62. The number of nitrogens with two attached hydrogens (primary N) is 1. The van der Waals surface area contributed by atoms with Crippen LogP contribution in [-0.2, 0) is 6.42 Å². The van der Waals surface area contributed by atoms with Gasteiger partial charge in [-0.05, 0) is 36.0 Å². The van der Waals surface area contributed by atoms with Gasteiger partial charge in [-0.1, -0.05) is 32.9 Å². The van der Waals surface area contributed by atoms with Crippen LogP contribution in [-0.4, -0.2) is 6.04 Å². The summed E-state index contributed by atoms with van der Waals surface area (Å²) < 4.78 is 12.9. The third-order valence-corrected chi connectivity index (χ3v) is 3.09. The van der Waals surface area contributed by atoms with Crippen LogP contribution < -0.4 is 5.73 Å². The first-order valence-corrected chi connectivity index (χ1v) is 5.50. The van der Waals surface area contributed by atoms with Crippen LogP contribution in [0.25, 0.3) is 0 Å². The van der Waals surface area contributed by atoms with Crippen molar-refractivity contribution in [1.82, 2.24) is 0 Å². The summed E-state index contributed by atoms with van der Waals surface area (Å²) in [5, 5.41) is 0. The molecule has 0 saturated carbocycles. The molecule has 0 radical (unpaired) electrons. The summed E-state index contributed by atoms with van der Waals surface area (Å²) in [6.07, 6.45) is 0.747. The van der Waals surface area contributed by atoms with Crippen LogP contribution in [0.15, 0.2) is 24.3 Å². The molecule has 2 heteroatoms. The second-order valence-electron chi connectivity index (χ2n) is 4.60. The van der Waals surface area contributed by atoms with Gasteiger partial charge in [0.2, 0.25) is 0 Å². The second-order valence-corrected chi connectivity index (χ2v) is 4.60. The SMILES string of the molecule is CC(C)C(C)C(N)Cc1cccc(F)c1. The van der Waals surface area contributed by atoms with Crippen molar-refractivity contribution in [3.8, 4) is 0 Å². The molecule has 0 fully saturated rings. The lowest BCUT2D eigenvalue weighted by molar-refractivity contribution is 0.344. The zero-order valence-electron chi connectivity index (χ0n) is 9.70. The Bertz CT molecular complexity index is 309. The minimum Gasteiger partial charge on any atom is -0.327 e. The van der Waals surface area contributed by atoms with Gasteiger partial charge >= 0.3 is 0 Å². The summed E-state index contributed by atoms with van der Waals surface area (Å²) in [5.74, 6) is 0.832. The molecule has 2 atom stereocenters. The first-order chi connectivity index (χ1) is 7.00. The Hall–Kier alpha value is -0.890. The molecule has 0 aliphatic heterocycles. The zero-order valence-corrected chi connectivity index (χ0v) is 9.70. The fraction of sp³-hybridized carbons (Fsp3) is 0.538. The molecule has 0 aliphatic carbocycles. The molecule has 0 saturated heterocycles. The van der Waals surface area contributed by atoms with Crippen LogP contribution in [0.1, 0.15) is 26.3 Å². The van der Waals surface area contributed by atoms with Gasteiger partial charge in [-0.15, -0.1) is 0 Å². The van der Waals surface area contributed by atoms with Gasteiger partial charge in [0.05, 0.1) is 0 Å². The van der Waals surface area contributed by atoms with Crippen molar-refractivity contribution in [2.45, 2.75) is 33.2 Å². The standard InChI is InChI=1S/C13H20FN/c1-9(2)10(3)13(15)8-11-5-4-6-12(14)7-11/h4-7,9-10,13H,8,15H2,1-3H3. The number of benzene rings is 1. The van der Waals surface area contributed by atoms with Crippen molar-refractivity contribution in [3.05, 3.63) is 35.6 Å². The maximum absolute atomic E-state index is 12.9. The molecule has 1 rings (SSSR count). The van der Waals surface area contributed by atoms with Crippen LogP contribution in [0, 0.1) is 17.7 Å². The minimum absolute atomic E-state index is 0.104. The monoisotopic (exact) mass is 209 g/mol. The Morgan fingerprint density at radius 2 is 1.93 bits per heavy atom. The van der Waals surface area contributed by atoms with Gasteiger partial charge in [-0.3, -0.25) is 0 Å². The quantitative estimate of drug-likeness (QED) is 0.810. The lowest BCUT2D eigenvalue weighted by Gasteiger charge is -2.23. The molecule has 0 heterocycles. The Morgan fingerprint density at radius 1 is 1.27 bits per heavy atom. The lowest BCUT2D eigenvalue weighted by atomic mass is 9.87. The second kappa shape index (κ2) is 5.26. The summed E-state index contributed by atoms with van der Waals surface area (Å²) in [6.45, 7) is 6.47. The third kappa shape index (κ3) is 3.63. The third-order valence-electron chi connectivity index (χ3n) is 3.09.